The molecular formula is C17H21FN4. The molecule has 0 bridgehead atoms. The highest BCUT2D eigenvalue weighted by Crippen LogP contribution is 2.33. The summed E-state index contributed by atoms with van der Waals surface area (Å²) in [6.45, 7) is 4.34. The number of rotatable bonds is 2. The summed E-state index contributed by atoms with van der Waals surface area (Å²) in [6.07, 6.45) is 5.44. The molecule has 0 aliphatic carbocycles. The van der Waals surface area contributed by atoms with Gasteiger partial charge in [-0.25, -0.2) is 9.37 Å². The lowest BCUT2D eigenvalue weighted by molar-refractivity contribution is 0.260. The van der Waals surface area contributed by atoms with Gasteiger partial charge in [-0.2, -0.15) is 0 Å². The minimum absolute atomic E-state index is 0.233. The van der Waals surface area contributed by atoms with Gasteiger partial charge in [0.15, 0.2) is 0 Å². The van der Waals surface area contributed by atoms with Gasteiger partial charge in [0.2, 0.25) is 0 Å². The average molecular weight is 300 g/mol. The monoisotopic (exact) mass is 300 g/mol. The van der Waals surface area contributed by atoms with Gasteiger partial charge in [-0.15, -0.1) is 0 Å². The molecule has 2 N–H and O–H groups in total. The quantitative estimate of drug-likeness (QED) is 0.866. The minimum Gasteiger partial charge on any atom is -0.398 e. The summed E-state index contributed by atoms with van der Waals surface area (Å²) < 4.78 is 14.0. The van der Waals surface area contributed by atoms with E-state index in [9.17, 15) is 4.39 Å². The Morgan fingerprint density at radius 1 is 1.14 bits per heavy atom. The van der Waals surface area contributed by atoms with Crippen LogP contribution in [-0.2, 0) is 0 Å². The number of fused-ring (bicyclic) bond motifs is 1. The van der Waals surface area contributed by atoms with E-state index in [0.717, 1.165) is 30.7 Å². The molecule has 5 heteroatoms. The van der Waals surface area contributed by atoms with E-state index in [0.29, 0.717) is 17.1 Å². The molecule has 0 spiro atoms. The van der Waals surface area contributed by atoms with Gasteiger partial charge >= 0.3 is 0 Å². The van der Waals surface area contributed by atoms with Gasteiger partial charge in [-0.1, -0.05) is 0 Å². The Morgan fingerprint density at radius 3 is 2.77 bits per heavy atom. The van der Waals surface area contributed by atoms with Gasteiger partial charge in [0, 0.05) is 36.4 Å². The van der Waals surface area contributed by atoms with Crippen molar-refractivity contribution in [3.8, 4) is 0 Å². The molecule has 0 amide bonds. The normalized spacial score (nSPS) is 22.8. The molecule has 2 saturated heterocycles. The molecule has 116 valence electrons. The highest BCUT2D eigenvalue weighted by atomic mass is 19.1. The van der Waals surface area contributed by atoms with Crippen molar-refractivity contribution in [2.75, 3.05) is 36.8 Å². The Kier molecular flexibility index (Phi) is 3.37. The zero-order valence-corrected chi connectivity index (χ0v) is 12.6. The van der Waals surface area contributed by atoms with Crippen molar-refractivity contribution >= 4 is 22.3 Å². The fraction of sp³-hybridized carbons (Fsp3) is 0.471. The number of anilines is 2. The Labute approximate surface area is 129 Å². The molecule has 3 heterocycles. The van der Waals surface area contributed by atoms with Gasteiger partial charge in [-0.3, -0.25) is 4.90 Å². The summed E-state index contributed by atoms with van der Waals surface area (Å²) in [5.74, 6) is 0.597. The number of aromatic nitrogens is 1. The summed E-state index contributed by atoms with van der Waals surface area (Å²) in [5.41, 5.74) is 6.71. The van der Waals surface area contributed by atoms with Crippen molar-refractivity contribution in [2.45, 2.75) is 25.3 Å². The lowest BCUT2D eigenvalue weighted by Gasteiger charge is -2.24. The lowest BCUT2D eigenvalue weighted by atomic mass is 10.1. The second kappa shape index (κ2) is 5.39. The molecule has 1 aromatic carbocycles. The highest BCUT2D eigenvalue weighted by Gasteiger charge is 2.30. The predicted molar refractivity (Wildman–Crippen MR) is 87.5 cm³/mol. The van der Waals surface area contributed by atoms with E-state index in [1.807, 2.05) is 0 Å². The van der Waals surface area contributed by atoms with Gasteiger partial charge in [-0.05, 0) is 50.6 Å². The van der Waals surface area contributed by atoms with Crippen LogP contribution >= 0.6 is 0 Å². The fourth-order valence-corrected chi connectivity index (χ4v) is 3.85. The van der Waals surface area contributed by atoms with E-state index in [2.05, 4.69) is 14.8 Å². The summed E-state index contributed by atoms with van der Waals surface area (Å²) in [5, 5.41) is 1.32. The van der Waals surface area contributed by atoms with E-state index in [1.54, 1.807) is 18.3 Å². The van der Waals surface area contributed by atoms with Crippen LogP contribution in [0.2, 0.25) is 0 Å². The fourth-order valence-electron chi connectivity index (χ4n) is 3.85. The number of hydrogen-bond acceptors (Lipinski definition) is 4. The molecule has 1 aromatic heterocycles. The van der Waals surface area contributed by atoms with E-state index in [4.69, 9.17) is 5.73 Å². The molecule has 4 nitrogen and oxygen atoms in total. The molecule has 2 aliphatic heterocycles. The maximum absolute atomic E-state index is 14.0. The summed E-state index contributed by atoms with van der Waals surface area (Å²) >= 11 is 0. The van der Waals surface area contributed by atoms with Crippen molar-refractivity contribution in [3.63, 3.8) is 0 Å². The number of halogens is 1. The topological polar surface area (TPSA) is 45.4 Å². The Balaban J connectivity index is 1.68. The number of likely N-dealkylation sites (tertiary alicyclic amines) is 1. The predicted octanol–water partition coefficient (Wildman–Crippen LogP) is 2.63. The first-order valence-electron chi connectivity index (χ1n) is 8.06. The first kappa shape index (κ1) is 13.8. The van der Waals surface area contributed by atoms with Crippen LogP contribution in [0.1, 0.15) is 19.3 Å². The van der Waals surface area contributed by atoms with E-state index < -0.39 is 0 Å². The van der Waals surface area contributed by atoms with Crippen LogP contribution in [-0.4, -0.2) is 42.1 Å². The summed E-state index contributed by atoms with van der Waals surface area (Å²) in [4.78, 5) is 9.36. The number of hydrogen-bond donors (Lipinski definition) is 1. The molecule has 0 radical (unpaired) electrons. The first-order chi connectivity index (χ1) is 10.7. The maximum Gasteiger partial charge on any atom is 0.138 e. The van der Waals surface area contributed by atoms with Crippen LogP contribution in [0.25, 0.3) is 10.8 Å². The van der Waals surface area contributed by atoms with Gasteiger partial charge in [0.1, 0.15) is 11.6 Å². The van der Waals surface area contributed by atoms with Crippen LogP contribution in [0.5, 0.6) is 0 Å². The zero-order valence-electron chi connectivity index (χ0n) is 12.6. The van der Waals surface area contributed by atoms with Crippen LogP contribution in [0.4, 0.5) is 15.9 Å². The van der Waals surface area contributed by atoms with Gasteiger partial charge in [0.25, 0.3) is 0 Å². The number of nitrogens with zero attached hydrogens (tertiary/aromatic N) is 3. The third-order valence-corrected chi connectivity index (χ3v) is 5.01. The van der Waals surface area contributed by atoms with E-state index in [1.165, 1.54) is 32.0 Å². The van der Waals surface area contributed by atoms with Crippen LogP contribution in [0, 0.1) is 5.82 Å². The third kappa shape index (κ3) is 2.20. The summed E-state index contributed by atoms with van der Waals surface area (Å²) in [6, 6.07) is 5.36. The van der Waals surface area contributed by atoms with Crippen LogP contribution in [0.3, 0.4) is 0 Å². The minimum atomic E-state index is -0.233. The smallest absolute Gasteiger partial charge is 0.138 e. The number of nitrogen functional groups attached to an aromatic ring is 1. The Bertz CT molecular complexity index is 696. The van der Waals surface area contributed by atoms with Gasteiger partial charge in [0.05, 0.1) is 5.39 Å². The van der Waals surface area contributed by atoms with E-state index >= 15 is 0 Å². The molecular weight excluding hydrogens is 279 g/mol. The van der Waals surface area contributed by atoms with E-state index in [-0.39, 0.29) is 5.82 Å². The SMILES string of the molecule is Nc1ccc(F)c2ccnc(N3CCC(N4CCCC4)C3)c12. The largest absolute Gasteiger partial charge is 0.398 e. The van der Waals surface area contributed by atoms with Crippen molar-refractivity contribution in [3.05, 3.63) is 30.2 Å². The zero-order chi connectivity index (χ0) is 15.1. The standard InChI is InChI=1S/C17H21FN4/c18-14-3-4-15(19)16-13(14)5-7-20-17(16)22-10-6-12(11-22)21-8-1-2-9-21/h3-5,7,12H,1-2,6,8-11,19H2. The highest BCUT2D eigenvalue weighted by molar-refractivity contribution is 6.01. The second-order valence-corrected chi connectivity index (χ2v) is 6.33. The number of pyridine rings is 1. The van der Waals surface area contributed by atoms with Crippen molar-refractivity contribution in [1.82, 2.24) is 9.88 Å². The van der Waals surface area contributed by atoms with Crippen LogP contribution in [0.15, 0.2) is 24.4 Å². The van der Waals surface area contributed by atoms with Gasteiger partial charge < -0.3 is 10.6 Å². The first-order valence-corrected chi connectivity index (χ1v) is 8.06. The van der Waals surface area contributed by atoms with Crippen molar-refractivity contribution in [1.29, 1.82) is 0 Å². The lowest BCUT2D eigenvalue weighted by Crippen LogP contribution is -2.35. The van der Waals surface area contributed by atoms with Crippen molar-refractivity contribution in [2.24, 2.45) is 0 Å². The Hall–Kier alpha value is -1.88. The molecule has 1 atom stereocenters. The molecule has 2 aromatic rings. The molecule has 0 saturated carbocycles. The molecule has 2 fully saturated rings. The average Bonchev–Trinajstić information content (AvgIpc) is 3.21. The second-order valence-electron chi connectivity index (χ2n) is 6.33. The van der Waals surface area contributed by atoms with Crippen molar-refractivity contribution < 1.29 is 4.39 Å². The third-order valence-electron chi connectivity index (χ3n) is 5.01. The molecule has 1 unspecified atom stereocenters. The number of nitrogens with two attached hydrogens (primary N) is 1. The maximum atomic E-state index is 14.0. The molecule has 2 aliphatic rings. The Morgan fingerprint density at radius 2 is 1.95 bits per heavy atom. The summed E-state index contributed by atoms with van der Waals surface area (Å²) in [7, 11) is 0. The number of benzene rings is 1. The molecule has 4 rings (SSSR count). The molecule has 22 heavy (non-hydrogen) atoms. The van der Waals surface area contributed by atoms with Crippen LogP contribution < -0.4 is 10.6 Å².